The molecule has 2 unspecified atom stereocenters. The minimum Gasteiger partial charge on any atom is -0.329 e. The zero-order valence-corrected chi connectivity index (χ0v) is 8.84. The van der Waals surface area contributed by atoms with Gasteiger partial charge in [0.2, 0.25) is 0 Å². The second-order valence-corrected chi connectivity index (χ2v) is 3.52. The molecule has 2 atom stereocenters. The summed E-state index contributed by atoms with van der Waals surface area (Å²) >= 11 is 0. The number of terminal acetylenes is 1. The van der Waals surface area contributed by atoms with E-state index in [0.29, 0.717) is 18.5 Å². The highest BCUT2D eigenvalue weighted by Crippen LogP contribution is 2.09. The molecule has 0 aliphatic carbocycles. The SMILES string of the molecule is C#CCCNC(CN)C(C)CCC. The van der Waals surface area contributed by atoms with Gasteiger partial charge in [0, 0.05) is 25.6 Å². The molecule has 0 radical (unpaired) electrons. The van der Waals surface area contributed by atoms with Gasteiger partial charge in [-0.05, 0) is 12.3 Å². The molecular weight excluding hydrogens is 160 g/mol. The van der Waals surface area contributed by atoms with E-state index in [4.69, 9.17) is 12.2 Å². The summed E-state index contributed by atoms with van der Waals surface area (Å²) in [5, 5.41) is 3.39. The maximum Gasteiger partial charge on any atom is 0.0216 e. The van der Waals surface area contributed by atoms with Gasteiger partial charge in [-0.1, -0.05) is 20.3 Å². The fourth-order valence-electron chi connectivity index (χ4n) is 1.50. The first-order chi connectivity index (χ1) is 6.26. The molecule has 3 N–H and O–H groups in total. The zero-order valence-electron chi connectivity index (χ0n) is 8.84. The Bertz CT molecular complexity index is 149. The molecule has 0 aliphatic heterocycles. The summed E-state index contributed by atoms with van der Waals surface area (Å²) in [5.74, 6) is 3.26. The van der Waals surface area contributed by atoms with Gasteiger partial charge in [-0.2, -0.15) is 0 Å². The average molecular weight is 182 g/mol. The van der Waals surface area contributed by atoms with Gasteiger partial charge in [0.15, 0.2) is 0 Å². The fourth-order valence-corrected chi connectivity index (χ4v) is 1.50. The number of hydrogen-bond acceptors (Lipinski definition) is 2. The van der Waals surface area contributed by atoms with Crippen LogP contribution < -0.4 is 11.1 Å². The number of hydrogen-bond donors (Lipinski definition) is 2. The van der Waals surface area contributed by atoms with Crippen LogP contribution in [0.15, 0.2) is 0 Å². The van der Waals surface area contributed by atoms with Gasteiger partial charge >= 0.3 is 0 Å². The Labute approximate surface area is 82.3 Å². The Hall–Kier alpha value is -0.520. The summed E-state index contributed by atoms with van der Waals surface area (Å²) in [6.45, 7) is 6.02. The summed E-state index contributed by atoms with van der Waals surface area (Å²) in [5.41, 5.74) is 5.67. The molecule has 0 aliphatic rings. The molecule has 0 aromatic rings. The molecular formula is C11H22N2. The summed E-state index contributed by atoms with van der Waals surface area (Å²) in [6, 6.07) is 0.424. The first-order valence-corrected chi connectivity index (χ1v) is 5.13. The van der Waals surface area contributed by atoms with E-state index in [2.05, 4.69) is 25.1 Å². The first kappa shape index (κ1) is 12.5. The summed E-state index contributed by atoms with van der Waals surface area (Å²) in [7, 11) is 0. The molecule has 0 saturated heterocycles. The third kappa shape index (κ3) is 5.68. The summed E-state index contributed by atoms with van der Waals surface area (Å²) in [6.07, 6.45) is 8.40. The molecule has 0 fully saturated rings. The second-order valence-electron chi connectivity index (χ2n) is 3.52. The van der Waals surface area contributed by atoms with Crippen molar-refractivity contribution in [2.24, 2.45) is 11.7 Å². The predicted molar refractivity (Wildman–Crippen MR) is 58.4 cm³/mol. The third-order valence-corrected chi connectivity index (χ3v) is 2.36. The van der Waals surface area contributed by atoms with Crippen LogP contribution in [-0.2, 0) is 0 Å². The van der Waals surface area contributed by atoms with E-state index in [1.165, 1.54) is 12.8 Å². The highest BCUT2D eigenvalue weighted by atomic mass is 14.9. The minimum absolute atomic E-state index is 0.424. The predicted octanol–water partition coefficient (Wildman–Crippen LogP) is 1.36. The quantitative estimate of drug-likeness (QED) is 0.461. The largest absolute Gasteiger partial charge is 0.329 e. The van der Waals surface area contributed by atoms with Gasteiger partial charge in [0.05, 0.1) is 0 Å². The second kappa shape index (κ2) is 8.10. The van der Waals surface area contributed by atoms with Gasteiger partial charge < -0.3 is 11.1 Å². The number of nitrogens with two attached hydrogens (primary N) is 1. The van der Waals surface area contributed by atoms with Crippen molar-refractivity contribution in [1.29, 1.82) is 0 Å². The smallest absolute Gasteiger partial charge is 0.0216 e. The zero-order chi connectivity index (χ0) is 10.1. The van der Waals surface area contributed by atoms with Crippen LogP contribution >= 0.6 is 0 Å². The molecule has 0 rings (SSSR count). The van der Waals surface area contributed by atoms with E-state index < -0.39 is 0 Å². The van der Waals surface area contributed by atoms with Crippen molar-refractivity contribution in [3.8, 4) is 12.3 Å². The number of rotatable bonds is 7. The molecule has 0 saturated carbocycles. The topological polar surface area (TPSA) is 38.0 Å². The van der Waals surface area contributed by atoms with Crippen molar-refractivity contribution in [3.63, 3.8) is 0 Å². The Morgan fingerprint density at radius 2 is 2.23 bits per heavy atom. The lowest BCUT2D eigenvalue weighted by molar-refractivity contribution is 0.363. The molecule has 0 aromatic carbocycles. The Morgan fingerprint density at radius 3 is 2.69 bits per heavy atom. The average Bonchev–Trinajstić information content (AvgIpc) is 2.13. The van der Waals surface area contributed by atoms with Crippen LogP contribution in [-0.4, -0.2) is 19.1 Å². The molecule has 0 heterocycles. The van der Waals surface area contributed by atoms with E-state index in [0.717, 1.165) is 13.0 Å². The normalized spacial score (nSPS) is 14.9. The van der Waals surface area contributed by atoms with Crippen LogP contribution in [0.25, 0.3) is 0 Å². The standard InChI is InChI=1S/C11H22N2/c1-4-6-8-13-11(9-12)10(3)7-5-2/h1,10-11,13H,5-9,12H2,2-3H3. The van der Waals surface area contributed by atoms with Gasteiger partial charge in [-0.3, -0.25) is 0 Å². The van der Waals surface area contributed by atoms with Crippen molar-refractivity contribution in [3.05, 3.63) is 0 Å². The molecule has 13 heavy (non-hydrogen) atoms. The highest BCUT2D eigenvalue weighted by Gasteiger charge is 2.13. The van der Waals surface area contributed by atoms with Gasteiger partial charge in [-0.25, -0.2) is 0 Å². The molecule has 2 nitrogen and oxygen atoms in total. The van der Waals surface area contributed by atoms with E-state index in [9.17, 15) is 0 Å². The summed E-state index contributed by atoms with van der Waals surface area (Å²) < 4.78 is 0. The van der Waals surface area contributed by atoms with Crippen molar-refractivity contribution in [1.82, 2.24) is 5.32 Å². The van der Waals surface area contributed by atoms with E-state index in [-0.39, 0.29) is 0 Å². The monoisotopic (exact) mass is 182 g/mol. The fraction of sp³-hybridized carbons (Fsp3) is 0.818. The van der Waals surface area contributed by atoms with Crippen LogP contribution in [0.4, 0.5) is 0 Å². The van der Waals surface area contributed by atoms with E-state index in [1.807, 2.05) is 0 Å². The molecule has 0 aromatic heterocycles. The minimum atomic E-state index is 0.424. The first-order valence-electron chi connectivity index (χ1n) is 5.13. The molecule has 76 valence electrons. The van der Waals surface area contributed by atoms with Crippen molar-refractivity contribution < 1.29 is 0 Å². The van der Waals surface area contributed by atoms with Crippen LogP contribution in [0.1, 0.15) is 33.1 Å². The van der Waals surface area contributed by atoms with Crippen molar-refractivity contribution in [2.45, 2.75) is 39.2 Å². The van der Waals surface area contributed by atoms with Crippen LogP contribution in [0, 0.1) is 18.3 Å². The molecule has 0 bridgehead atoms. The Morgan fingerprint density at radius 1 is 1.54 bits per heavy atom. The van der Waals surface area contributed by atoms with Gasteiger partial charge in [0.1, 0.15) is 0 Å². The van der Waals surface area contributed by atoms with E-state index in [1.54, 1.807) is 0 Å². The van der Waals surface area contributed by atoms with Crippen molar-refractivity contribution in [2.75, 3.05) is 13.1 Å². The highest BCUT2D eigenvalue weighted by molar-refractivity contribution is 4.85. The van der Waals surface area contributed by atoms with Gasteiger partial charge in [0.25, 0.3) is 0 Å². The van der Waals surface area contributed by atoms with Crippen LogP contribution in [0.3, 0.4) is 0 Å². The molecule has 0 spiro atoms. The molecule has 0 amide bonds. The third-order valence-electron chi connectivity index (χ3n) is 2.36. The lowest BCUT2D eigenvalue weighted by Gasteiger charge is -2.23. The number of nitrogens with one attached hydrogen (secondary N) is 1. The molecule has 2 heteroatoms. The lowest BCUT2D eigenvalue weighted by Crippen LogP contribution is -2.41. The maximum atomic E-state index is 5.67. The van der Waals surface area contributed by atoms with Gasteiger partial charge in [-0.15, -0.1) is 12.3 Å². The lowest BCUT2D eigenvalue weighted by atomic mass is 9.97. The maximum absolute atomic E-state index is 5.67. The summed E-state index contributed by atoms with van der Waals surface area (Å²) in [4.78, 5) is 0. The van der Waals surface area contributed by atoms with Crippen LogP contribution in [0.5, 0.6) is 0 Å². The van der Waals surface area contributed by atoms with Crippen molar-refractivity contribution >= 4 is 0 Å². The van der Waals surface area contributed by atoms with E-state index >= 15 is 0 Å². The Kier molecular flexibility index (Phi) is 7.77. The van der Waals surface area contributed by atoms with Crippen LogP contribution in [0.2, 0.25) is 0 Å². The Balaban J connectivity index is 3.67.